The zero-order valence-corrected chi connectivity index (χ0v) is 15.0. The molecule has 26 heavy (non-hydrogen) atoms. The molecule has 4 rings (SSSR count). The summed E-state index contributed by atoms with van der Waals surface area (Å²) in [5.74, 6) is 1.52. The lowest BCUT2D eigenvalue weighted by atomic mass is 10.1. The van der Waals surface area contributed by atoms with Gasteiger partial charge in [-0.05, 0) is 44.0 Å². The SMILES string of the molecule is Cc1cccc(CN2CCC[C@H]2c2cccc(Nc3cnccn3)n2)c1. The Bertz CT molecular complexity index is 865. The minimum atomic E-state index is 0.360. The van der Waals surface area contributed by atoms with Crippen molar-refractivity contribution in [2.75, 3.05) is 11.9 Å². The first-order chi connectivity index (χ1) is 12.8. The largest absolute Gasteiger partial charge is 0.324 e. The molecule has 0 unspecified atom stereocenters. The van der Waals surface area contributed by atoms with E-state index in [0.29, 0.717) is 11.9 Å². The van der Waals surface area contributed by atoms with Crippen LogP contribution in [0.25, 0.3) is 0 Å². The Morgan fingerprint density at radius 1 is 1.12 bits per heavy atom. The highest BCUT2D eigenvalue weighted by Gasteiger charge is 2.27. The Hall–Kier alpha value is -2.79. The predicted octanol–water partition coefficient (Wildman–Crippen LogP) is 4.26. The van der Waals surface area contributed by atoms with Crippen LogP contribution in [0.15, 0.2) is 61.1 Å². The molecule has 1 aliphatic heterocycles. The molecular formula is C21H23N5. The van der Waals surface area contributed by atoms with Gasteiger partial charge in [-0.1, -0.05) is 35.9 Å². The van der Waals surface area contributed by atoms with E-state index in [2.05, 4.69) is 63.5 Å². The van der Waals surface area contributed by atoms with E-state index in [-0.39, 0.29) is 0 Å². The van der Waals surface area contributed by atoms with Crippen molar-refractivity contribution in [1.29, 1.82) is 0 Å². The molecule has 0 radical (unpaired) electrons. The summed E-state index contributed by atoms with van der Waals surface area (Å²) in [6, 6.07) is 15.3. The van der Waals surface area contributed by atoms with Crippen LogP contribution in [0.1, 0.15) is 35.7 Å². The third kappa shape index (κ3) is 3.89. The lowest BCUT2D eigenvalue weighted by Crippen LogP contribution is -2.23. The van der Waals surface area contributed by atoms with Crippen molar-refractivity contribution in [3.63, 3.8) is 0 Å². The molecule has 3 aromatic rings. The summed E-state index contributed by atoms with van der Waals surface area (Å²) in [6.45, 7) is 4.23. The molecule has 0 saturated carbocycles. The zero-order chi connectivity index (χ0) is 17.8. The van der Waals surface area contributed by atoms with E-state index in [9.17, 15) is 0 Å². The molecule has 0 bridgehead atoms. The van der Waals surface area contributed by atoms with Crippen molar-refractivity contribution in [3.8, 4) is 0 Å². The van der Waals surface area contributed by atoms with Gasteiger partial charge in [0.15, 0.2) is 0 Å². The summed E-state index contributed by atoms with van der Waals surface area (Å²) in [7, 11) is 0. The molecule has 5 nitrogen and oxygen atoms in total. The maximum atomic E-state index is 4.84. The highest BCUT2D eigenvalue weighted by molar-refractivity contribution is 5.50. The third-order valence-electron chi connectivity index (χ3n) is 4.76. The van der Waals surface area contributed by atoms with Crippen LogP contribution in [-0.4, -0.2) is 26.4 Å². The first kappa shape index (κ1) is 16.7. The van der Waals surface area contributed by atoms with Gasteiger partial charge in [0.2, 0.25) is 0 Å². The molecule has 5 heteroatoms. The average molecular weight is 345 g/mol. The summed E-state index contributed by atoms with van der Waals surface area (Å²) in [5.41, 5.74) is 3.79. The van der Waals surface area contributed by atoms with Gasteiger partial charge >= 0.3 is 0 Å². The second-order valence-electron chi connectivity index (χ2n) is 6.78. The second kappa shape index (κ2) is 7.62. The lowest BCUT2D eigenvalue weighted by molar-refractivity contribution is 0.244. The number of aryl methyl sites for hydroxylation is 1. The van der Waals surface area contributed by atoms with Crippen molar-refractivity contribution >= 4 is 11.6 Å². The van der Waals surface area contributed by atoms with Gasteiger partial charge in [0.25, 0.3) is 0 Å². The number of hydrogen-bond donors (Lipinski definition) is 1. The predicted molar refractivity (Wildman–Crippen MR) is 103 cm³/mol. The summed E-state index contributed by atoms with van der Waals surface area (Å²) < 4.78 is 0. The molecule has 1 N–H and O–H groups in total. The van der Waals surface area contributed by atoms with Crippen molar-refractivity contribution < 1.29 is 0 Å². The van der Waals surface area contributed by atoms with Gasteiger partial charge in [-0.25, -0.2) is 9.97 Å². The summed E-state index contributed by atoms with van der Waals surface area (Å²) in [6.07, 6.45) is 7.39. The summed E-state index contributed by atoms with van der Waals surface area (Å²) in [5, 5.41) is 3.24. The Morgan fingerprint density at radius 3 is 2.88 bits per heavy atom. The molecule has 1 saturated heterocycles. The average Bonchev–Trinajstić information content (AvgIpc) is 3.11. The van der Waals surface area contributed by atoms with Gasteiger partial charge in [-0.3, -0.25) is 9.88 Å². The first-order valence-corrected chi connectivity index (χ1v) is 9.07. The Labute approximate surface area is 154 Å². The van der Waals surface area contributed by atoms with Crippen LogP contribution in [0.4, 0.5) is 11.6 Å². The number of pyridine rings is 1. The fraction of sp³-hybridized carbons (Fsp3) is 0.286. The molecule has 1 fully saturated rings. The quantitative estimate of drug-likeness (QED) is 0.749. The standard InChI is InChI=1S/C21H23N5/c1-16-5-2-6-17(13-16)15-26-12-4-8-19(26)18-7-3-9-20(24-18)25-21-14-22-10-11-23-21/h2-3,5-7,9-11,13-14,19H,4,8,12,15H2,1H3,(H,23,24,25)/t19-/m0/s1. The minimum Gasteiger partial charge on any atom is -0.324 e. The Balaban J connectivity index is 1.51. The monoisotopic (exact) mass is 345 g/mol. The van der Waals surface area contributed by atoms with Crippen molar-refractivity contribution in [3.05, 3.63) is 77.9 Å². The van der Waals surface area contributed by atoms with Crippen LogP contribution in [-0.2, 0) is 6.54 Å². The maximum absolute atomic E-state index is 4.84. The molecule has 2 aromatic heterocycles. The van der Waals surface area contributed by atoms with Gasteiger partial charge in [0.05, 0.1) is 17.9 Å². The molecule has 132 valence electrons. The third-order valence-corrected chi connectivity index (χ3v) is 4.76. The normalized spacial score (nSPS) is 17.3. The molecule has 0 amide bonds. The number of aromatic nitrogens is 3. The van der Waals surface area contributed by atoms with Gasteiger partial charge in [0, 0.05) is 18.9 Å². The number of benzene rings is 1. The summed E-state index contributed by atoms with van der Waals surface area (Å²) in [4.78, 5) is 15.7. The smallest absolute Gasteiger partial charge is 0.150 e. The number of nitrogens with one attached hydrogen (secondary N) is 1. The highest BCUT2D eigenvalue weighted by Crippen LogP contribution is 2.32. The fourth-order valence-electron chi connectivity index (χ4n) is 3.60. The molecule has 1 atom stereocenters. The van der Waals surface area contributed by atoms with Crippen LogP contribution in [0, 0.1) is 6.92 Å². The Kier molecular flexibility index (Phi) is 4.88. The van der Waals surface area contributed by atoms with E-state index in [1.54, 1.807) is 18.6 Å². The van der Waals surface area contributed by atoms with Crippen molar-refractivity contribution in [2.24, 2.45) is 0 Å². The first-order valence-electron chi connectivity index (χ1n) is 9.07. The minimum absolute atomic E-state index is 0.360. The zero-order valence-electron chi connectivity index (χ0n) is 15.0. The number of likely N-dealkylation sites (tertiary alicyclic amines) is 1. The molecule has 0 spiro atoms. The van der Waals surface area contributed by atoms with Crippen molar-refractivity contribution in [1.82, 2.24) is 19.9 Å². The topological polar surface area (TPSA) is 53.9 Å². The maximum Gasteiger partial charge on any atom is 0.150 e. The van der Waals surface area contributed by atoms with Crippen molar-refractivity contribution in [2.45, 2.75) is 32.4 Å². The van der Waals surface area contributed by atoms with E-state index >= 15 is 0 Å². The van der Waals surface area contributed by atoms with E-state index in [0.717, 1.165) is 31.0 Å². The van der Waals surface area contributed by atoms with Gasteiger partial charge < -0.3 is 5.32 Å². The number of rotatable bonds is 5. The van der Waals surface area contributed by atoms with E-state index < -0.39 is 0 Å². The fourth-order valence-corrected chi connectivity index (χ4v) is 3.60. The van der Waals surface area contributed by atoms with Gasteiger partial charge in [0.1, 0.15) is 11.6 Å². The lowest BCUT2D eigenvalue weighted by Gasteiger charge is -2.24. The van der Waals surface area contributed by atoms with Crippen LogP contribution in [0.3, 0.4) is 0 Å². The van der Waals surface area contributed by atoms with E-state index in [1.165, 1.54) is 17.5 Å². The van der Waals surface area contributed by atoms with Crippen LogP contribution in [0.5, 0.6) is 0 Å². The van der Waals surface area contributed by atoms with E-state index in [4.69, 9.17) is 4.98 Å². The Morgan fingerprint density at radius 2 is 2.04 bits per heavy atom. The molecule has 0 aliphatic carbocycles. The number of nitrogens with zero attached hydrogens (tertiary/aromatic N) is 4. The molecule has 1 aromatic carbocycles. The number of hydrogen-bond acceptors (Lipinski definition) is 5. The number of anilines is 2. The van der Waals surface area contributed by atoms with Crippen LogP contribution in [0.2, 0.25) is 0 Å². The second-order valence-corrected chi connectivity index (χ2v) is 6.78. The van der Waals surface area contributed by atoms with Gasteiger partial charge in [-0.15, -0.1) is 0 Å². The van der Waals surface area contributed by atoms with E-state index in [1.807, 2.05) is 6.07 Å². The summed E-state index contributed by atoms with van der Waals surface area (Å²) >= 11 is 0. The molecule has 1 aliphatic rings. The van der Waals surface area contributed by atoms with Gasteiger partial charge in [-0.2, -0.15) is 0 Å². The molecular weight excluding hydrogens is 322 g/mol. The highest BCUT2D eigenvalue weighted by atomic mass is 15.2. The van der Waals surface area contributed by atoms with Crippen LogP contribution < -0.4 is 5.32 Å². The molecule has 3 heterocycles. The van der Waals surface area contributed by atoms with Crippen LogP contribution >= 0.6 is 0 Å².